The maximum Gasteiger partial charge on any atom is 0.256 e. The first-order chi connectivity index (χ1) is 9.13. The highest BCUT2D eigenvalue weighted by Crippen LogP contribution is 2.20. The van der Waals surface area contributed by atoms with E-state index in [1.54, 1.807) is 4.90 Å². The lowest BCUT2D eigenvalue weighted by atomic mass is 9.96. The highest BCUT2D eigenvalue weighted by Gasteiger charge is 2.25. The molecule has 1 aromatic carbocycles. The zero-order valence-electron chi connectivity index (χ0n) is 11.0. The third-order valence-electron chi connectivity index (χ3n) is 3.58. The van der Waals surface area contributed by atoms with Gasteiger partial charge in [-0.15, -0.1) is 0 Å². The van der Waals surface area contributed by atoms with Gasteiger partial charge in [-0.25, -0.2) is 8.78 Å². The van der Waals surface area contributed by atoms with Crippen LogP contribution in [-0.2, 0) is 0 Å². The summed E-state index contributed by atoms with van der Waals surface area (Å²) in [4.78, 5) is 13.7. The molecule has 5 heteroatoms. The second-order valence-electron chi connectivity index (χ2n) is 4.89. The molecule has 2 rings (SSSR count). The molecule has 0 saturated carbocycles. The minimum Gasteiger partial charge on any atom is -0.339 e. The fourth-order valence-electron chi connectivity index (χ4n) is 2.47. The average Bonchev–Trinajstić information content (AvgIpc) is 2.42. The third-order valence-corrected chi connectivity index (χ3v) is 3.58. The topological polar surface area (TPSA) is 32.3 Å². The highest BCUT2D eigenvalue weighted by molar-refractivity contribution is 5.94. The molecule has 1 amide bonds. The molecule has 0 aliphatic carbocycles. The predicted octanol–water partition coefficient (Wildman–Crippen LogP) is 2.04. The number of rotatable bonds is 3. The molecular formula is C14H18F2N2O. The van der Waals surface area contributed by atoms with E-state index in [2.05, 4.69) is 5.32 Å². The van der Waals surface area contributed by atoms with E-state index in [9.17, 15) is 13.6 Å². The van der Waals surface area contributed by atoms with Crippen molar-refractivity contribution in [2.24, 2.45) is 5.92 Å². The van der Waals surface area contributed by atoms with Crippen LogP contribution in [0.25, 0.3) is 0 Å². The Balaban J connectivity index is 2.03. The second-order valence-corrected chi connectivity index (χ2v) is 4.89. The predicted molar refractivity (Wildman–Crippen MR) is 68.9 cm³/mol. The van der Waals surface area contributed by atoms with Crippen molar-refractivity contribution in [3.8, 4) is 0 Å². The molecule has 104 valence electrons. The zero-order valence-corrected chi connectivity index (χ0v) is 11.0. The summed E-state index contributed by atoms with van der Waals surface area (Å²) >= 11 is 0. The van der Waals surface area contributed by atoms with E-state index in [4.69, 9.17) is 0 Å². The van der Waals surface area contributed by atoms with Crippen LogP contribution in [0, 0.1) is 17.6 Å². The van der Waals surface area contributed by atoms with Crippen LogP contribution in [0.15, 0.2) is 18.2 Å². The standard InChI is InChI=1S/C14H18F2N2O/c1-17-9-10-5-7-18(8-6-10)14(19)11-3-2-4-12(15)13(11)16/h2-4,10,17H,5-9H2,1H3. The Hall–Kier alpha value is -1.49. The van der Waals surface area contributed by atoms with Crippen LogP contribution in [0.5, 0.6) is 0 Å². The second kappa shape index (κ2) is 6.10. The number of piperidine rings is 1. The molecule has 0 unspecified atom stereocenters. The molecule has 0 bridgehead atoms. The molecule has 1 fully saturated rings. The van der Waals surface area contributed by atoms with E-state index in [1.807, 2.05) is 7.05 Å². The van der Waals surface area contributed by atoms with Crippen LogP contribution in [0.3, 0.4) is 0 Å². The Kier molecular flexibility index (Phi) is 4.47. The Labute approximate surface area is 111 Å². The van der Waals surface area contributed by atoms with E-state index in [0.29, 0.717) is 19.0 Å². The highest BCUT2D eigenvalue weighted by atomic mass is 19.2. The van der Waals surface area contributed by atoms with E-state index in [1.165, 1.54) is 12.1 Å². The summed E-state index contributed by atoms with van der Waals surface area (Å²) in [6, 6.07) is 3.71. The first-order valence-corrected chi connectivity index (χ1v) is 6.51. The summed E-state index contributed by atoms with van der Waals surface area (Å²) in [5.41, 5.74) is -0.174. The van der Waals surface area contributed by atoms with Crippen LogP contribution in [0.2, 0.25) is 0 Å². The van der Waals surface area contributed by atoms with Crippen molar-refractivity contribution in [3.63, 3.8) is 0 Å². The van der Waals surface area contributed by atoms with Gasteiger partial charge in [0.25, 0.3) is 5.91 Å². The summed E-state index contributed by atoms with van der Waals surface area (Å²) in [7, 11) is 1.90. The number of hydrogen-bond acceptors (Lipinski definition) is 2. The average molecular weight is 268 g/mol. The van der Waals surface area contributed by atoms with Gasteiger partial charge >= 0.3 is 0 Å². The van der Waals surface area contributed by atoms with E-state index >= 15 is 0 Å². The first-order valence-electron chi connectivity index (χ1n) is 6.51. The van der Waals surface area contributed by atoms with E-state index in [-0.39, 0.29) is 5.56 Å². The SMILES string of the molecule is CNCC1CCN(C(=O)c2cccc(F)c2F)CC1. The number of carbonyl (C=O) groups excluding carboxylic acids is 1. The van der Waals surface area contributed by atoms with Gasteiger partial charge in [-0.1, -0.05) is 6.07 Å². The number of amides is 1. The summed E-state index contributed by atoms with van der Waals surface area (Å²) < 4.78 is 26.7. The Morgan fingerprint density at radius 2 is 2.05 bits per heavy atom. The number of carbonyl (C=O) groups is 1. The minimum absolute atomic E-state index is 0.174. The van der Waals surface area contributed by atoms with E-state index < -0.39 is 17.5 Å². The molecule has 1 N–H and O–H groups in total. The molecule has 1 saturated heterocycles. The maximum atomic E-state index is 13.6. The summed E-state index contributed by atoms with van der Waals surface area (Å²) in [6.45, 7) is 2.12. The fourth-order valence-corrected chi connectivity index (χ4v) is 2.47. The largest absolute Gasteiger partial charge is 0.339 e. The molecule has 19 heavy (non-hydrogen) atoms. The smallest absolute Gasteiger partial charge is 0.256 e. The Bertz CT molecular complexity index is 457. The lowest BCUT2D eigenvalue weighted by Crippen LogP contribution is -2.40. The molecule has 0 atom stereocenters. The van der Waals surface area contributed by atoms with Gasteiger partial charge in [0.1, 0.15) is 0 Å². The quantitative estimate of drug-likeness (QED) is 0.910. The van der Waals surface area contributed by atoms with Crippen molar-refractivity contribution in [1.82, 2.24) is 10.2 Å². The van der Waals surface area contributed by atoms with Crippen LogP contribution in [-0.4, -0.2) is 37.5 Å². The number of benzene rings is 1. The van der Waals surface area contributed by atoms with Crippen molar-refractivity contribution in [2.45, 2.75) is 12.8 Å². The van der Waals surface area contributed by atoms with Crippen molar-refractivity contribution < 1.29 is 13.6 Å². The van der Waals surface area contributed by atoms with Crippen LogP contribution in [0.1, 0.15) is 23.2 Å². The monoisotopic (exact) mass is 268 g/mol. The number of nitrogens with one attached hydrogen (secondary N) is 1. The molecular weight excluding hydrogens is 250 g/mol. The molecule has 1 aromatic rings. The van der Waals surface area contributed by atoms with Crippen LogP contribution >= 0.6 is 0 Å². The van der Waals surface area contributed by atoms with Crippen molar-refractivity contribution in [1.29, 1.82) is 0 Å². The minimum atomic E-state index is -1.05. The van der Waals surface area contributed by atoms with Gasteiger partial charge in [0.05, 0.1) is 5.56 Å². The number of hydrogen-bond donors (Lipinski definition) is 1. The summed E-state index contributed by atoms with van der Waals surface area (Å²) in [5.74, 6) is -1.90. The van der Waals surface area contributed by atoms with E-state index in [0.717, 1.165) is 25.5 Å². The first kappa shape index (κ1) is 13.9. The molecule has 1 aliphatic rings. The molecule has 0 radical (unpaired) electrons. The number of halogens is 2. The normalized spacial score (nSPS) is 16.7. The number of likely N-dealkylation sites (tertiary alicyclic amines) is 1. The van der Waals surface area contributed by atoms with Gasteiger partial charge in [-0.05, 0) is 44.5 Å². The maximum absolute atomic E-state index is 13.6. The lowest BCUT2D eigenvalue weighted by Gasteiger charge is -2.32. The molecule has 3 nitrogen and oxygen atoms in total. The van der Waals surface area contributed by atoms with Gasteiger partial charge in [-0.3, -0.25) is 4.79 Å². The van der Waals surface area contributed by atoms with Crippen molar-refractivity contribution in [3.05, 3.63) is 35.4 Å². The zero-order chi connectivity index (χ0) is 13.8. The lowest BCUT2D eigenvalue weighted by molar-refractivity contribution is 0.0685. The van der Waals surface area contributed by atoms with Gasteiger partial charge in [0.2, 0.25) is 0 Å². The van der Waals surface area contributed by atoms with Crippen molar-refractivity contribution >= 4 is 5.91 Å². The van der Waals surface area contributed by atoms with Gasteiger partial charge < -0.3 is 10.2 Å². The molecule has 0 aromatic heterocycles. The molecule has 0 spiro atoms. The fraction of sp³-hybridized carbons (Fsp3) is 0.500. The van der Waals surface area contributed by atoms with Crippen molar-refractivity contribution in [2.75, 3.05) is 26.7 Å². The van der Waals surface area contributed by atoms with Gasteiger partial charge in [0, 0.05) is 13.1 Å². The van der Waals surface area contributed by atoms with Crippen LogP contribution in [0.4, 0.5) is 8.78 Å². The Morgan fingerprint density at radius 1 is 1.37 bits per heavy atom. The van der Waals surface area contributed by atoms with Gasteiger partial charge in [0.15, 0.2) is 11.6 Å². The summed E-state index contributed by atoms with van der Waals surface area (Å²) in [5, 5.41) is 3.12. The third kappa shape index (κ3) is 3.10. The van der Waals surface area contributed by atoms with Gasteiger partial charge in [-0.2, -0.15) is 0 Å². The molecule has 1 aliphatic heterocycles. The molecule has 1 heterocycles. The summed E-state index contributed by atoms with van der Waals surface area (Å²) in [6.07, 6.45) is 1.78. The Morgan fingerprint density at radius 3 is 2.68 bits per heavy atom. The van der Waals surface area contributed by atoms with Crippen LogP contribution < -0.4 is 5.32 Å². The number of nitrogens with zero attached hydrogens (tertiary/aromatic N) is 1.